The van der Waals surface area contributed by atoms with Gasteiger partial charge in [-0.3, -0.25) is 24.3 Å². The molecule has 1 aliphatic heterocycles. The number of fused-ring (bicyclic) bond motifs is 2. The summed E-state index contributed by atoms with van der Waals surface area (Å²) in [6.45, 7) is 13.9. The zero-order chi connectivity index (χ0) is 30.3. The molecule has 4 aromatic rings. The van der Waals surface area contributed by atoms with Crippen LogP contribution in [0.15, 0.2) is 58.1 Å². The van der Waals surface area contributed by atoms with Crippen LogP contribution >= 0.6 is 0 Å². The Hall–Kier alpha value is -4.24. The highest BCUT2D eigenvalue weighted by atomic mass is 16.3. The minimum absolute atomic E-state index is 0.0588. The van der Waals surface area contributed by atoms with Gasteiger partial charge in [-0.25, -0.2) is 0 Å². The van der Waals surface area contributed by atoms with E-state index in [2.05, 4.69) is 16.8 Å². The summed E-state index contributed by atoms with van der Waals surface area (Å²) in [6, 6.07) is 9.81. The second kappa shape index (κ2) is 11.2. The molecule has 0 N–H and O–H groups in total. The number of pyridine rings is 2. The van der Waals surface area contributed by atoms with E-state index in [1.54, 1.807) is 47.7 Å². The summed E-state index contributed by atoms with van der Waals surface area (Å²) < 4.78 is 7.49. The fourth-order valence-corrected chi connectivity index (χ4v) is 5.75. The van der Waals surface area contributed by atoms with Crippen LogP contribution in [0.4, 0.5) is 11.4 Å². The van der Waals surface area contributed by atoms with E-state index < -0.39 is 5.41 Å². The van der Waals surface area contributed by atoms with Crippen molar-refractivity contribution in [2.45, 2.75) is 61.2 Å². The molecule has 5 rings (SSSR count). The van der Waals surface area contributed by atoms with E-state index in [1.807, 2.05) is 57.3 Å². The molecule has 9 heteroatoms. The number of aryl methyl sites for hydroxylation is 3. The quantitative estimate of drug-likeness (QED) is 0.278. The van der Waals surface area contributed by atoms with Crippen molar-refractivity contribution in [2.24, 2.45) is 5.41 Å². The molecule has 9 nitrogen and oxygen atoms in total. The molecule has 1 aliphatic rings. The molecular formula is C33H39N5O4. The van der Waals surface area contributed by atoms with Gasteiger partial charge >= 0.3 is 0 Å². The number of hydrogen-bond donors (Lipinski definition) is 0. The number of carbonyl (C=O) groups excluding carboxylic acids is 2. The minimum Gasteiger partial charge on any atom is -0.461 e. The Morgan fingerprint density at radius 2 is 1.74 bits per heavy atom. The standard InChI is InChI=1S/C33H39N5O4/c1-8-38-26-10-9-24(17-27(26)35(7)31(40)33(5,6)32(38)41)19-36(20-25-18-34-13-11-21(25)2)15-16-37-14-12-28-29(30(37)39)22(3)23(4)42-28/h9-14,17-18H,8,15-16,19-20H2,1-7H3. The Morgan fingerprint density at radius 3 is 2.45 bits per heavy atom. The van der Waals surface area contributed by atoms with Crippen LogP contribution in [0.5, 0.6) is 0 Å². The van der Waals surface area contributed by atoms with Gasteiger partial charge in [0, 0.05) is 63.9 Å². The van der Waals surface area contributed by atoms with E-state index in [1.165, 1.54) is 0 Å². The number of hydrogen-bond acceptors (Lipinski definition) is 6. The van der Waals surface area contributed by atoms with Gasteiger partial charge in [-0.2, -0.15) is 0 Å². The summed E-state index contributed by atoms with van der Waals surface area (Å²) in [5, 5.41) is 0.626. The van der Waals surface area contributed by atoms with Crippen molar-refractivity contribution >= 4 is 34.2 Å². The van der Waals surface area contributed by atoms with E-state index in [0.717, 1.165) is 33.7 Å². The van der Waals surface area contributed by atoms with Crippen molar-refractivity contribution < 1.29 is 14.0 Å². The molecule has 0 fully saturated rings. The number of furan rings is 1. The highest BCUT2D eigenvalue weighted by Crippen LogP contribution is 2.39. The van der Waals surface area contributed by atoms with Crippen LogP contribution in [0.1, 0.15) is 48.8 Å². The number of rotatable bonds is 8. The molecule has 0 spiro atoms. The average molecular weight is 570 g/mol. The lowest BCUT2D eigenvalue weighted by Crippen LogP contribution is -2.47. The van der Waals surface area contributed by atoms with E-state index in [4.69, 9.17) is 4.42 Å². The Kier molecular flexibility index (Phi) is 7.81. The third-order valence-corrected chi connectivity index (χ3v) is 8.53. The highest BCUT2D eigenvalue weighted by Gasteiger charge is 2.45. The molecule has 0 atom stereocenters. The Balaban J connectivity index is 1.47. The lowest BCUT2D eigenvalue weighted by molar-refractivity contribution is -0.137. The van der Waals surface area contributed by atoms with Crippen LogP contribution in [0.2, 0.25) is 0 Å². The van der Waals surface area contributed by atoms with Gasteiger partial charge in [0.2, 0.25) is 11.8 Å². The molecule has 0 radical (unpaired) electrons. The maximum absolute atomic E-state index is 13.3. The molecule has 4 heterocycles. The van der Waals surface area contributed by atoms with E-state index in [-0.39, 0.29) is 17.4 Å². The number of amides is 2. The van der Waals surface area contributed by atoms with Crippen LogP contribution < -0.4 is 15.4 Å². The lowest BCUT2D eigenvalue weighted by atomic mass is 9.90. The first-order valence-corrected chi connectivity index (χ1v) is 14.4. The van der Waals surface area contributed by atoms with Gasteiger partial charge in [0.25, 0.3) is 5.56 Å². The molecular weight excluding hydrogens is 530 g/mol. The largest absolute Gasteiger partial charge is 0.461 e. The molecule has 0 saturated carbocycles. The molecule has 1 aromatic carbocycles. The fourth-order valence-electron chi connectivity index (χ4n) is 5.75. The monoisotopic (exact) mass is 569 g/mol. The van der Waals surface area contributed by atoms with Crippen molar-refractivity contribution in [3.63, 3.8) is 0 Å². The van der Waals surface area contributed by atoms with Gasteiger partial charge in [0.05, 0.1) is 16.8 Å². The lowest BCUT2D eigenvalue weighted by Gasteiger charge is -2.27. The summed E-state index contributed by atoms with van der Waals surface area (Å²) in [6.07, 6.45) is 5.46. The number of nitrogens with zero attached hydrogens (tertiary/aromatic N) is 5. The average Bonchev–Trinajstić information content (AvgIpc) is 3.24. The first kappa shape index (κ1) is 29.3. The zero-order valence-corrected chi connectivity index (χ0v) is 25.5. The molecule has 0 saturated heterocycles. The second-order valence-electron chi connectivity index (χ2n) is 11.7. The minimum atomic E-state index is -1.16. The number of anilines is 2. The highest BCUT2D eigenvalue weighted by molar-refractivity contribution is 6.19. The molecule has 2 amide bonds. The van der Waals surface area contributed by atoms with E-state index in [9.17, 15) is 14.4 Å². The Bertz CT molecular complexity index is 1730. The summed E-state index contributed by atoms with van der Waals surface area (Å²) in [4.78, 5) is 49.9. The second-order valence-corrected chi connectivity index (χ2v) is 11.7. The van der Waals surface area contributed by atoms with Crippen LogP contribution in [-0.4, -0.2) is 46.4 Å². The van der Waals surface area contributed by atoms with Gasteiger partial charge in [0.1, 0.15) is 16.8 Å². The maximum atomic E-state index is 13.3. The number of aromatic nitrogens is 2. The zero-order valence-electron chi connectivity index (χ0n) is 25.5. The summed E-state index contributed by atoms with van der Waals surface area (Å²) in [5.41, 5.74) is 4.96. The van der Waals surface area contributed by atoms with E-state index >= 15 is 0 Å². The summed E-state index contributed by atoms with van der Waals surface area (Å²) in [7, 11) is 1.73. The van der Waals surface area contributed by atoms with Gasteiger partial charge in [-0.1, -0.05) is 6.07 Å². The summed E-state index contributed by atoms with van der Waals surface area (Å²) >= 11 is 0. The third-order valence-electron chi connectivity index (χ3n) is 8.53. The first-order chi connectivity index (χ1) is 19.9. The predicted molar refractivity (Wildman–Crippen MR) is 165 cm³/mol. The van der Waals surface area contributed by atoms with Gasteiger partial charge in [-0.15, -0.1) is 0 Å². The Labute approximate surface area is 246 Å². The van der Waals surface area contributed by atoms with Crippen molar-refractivity contribution in [3.05, 3.63) is 87.3 Å². The van der Waals surface area contributed by atoms with Crippen molar-refractivity contribution in [1.82, 2.24) is 14.5 Å². The molecule has 42 heavy (non-hydrogen) atoms. The SMILES string of the molecule is CCN1C(=O)C(C)(C)C(=O)N(C)c2cc(CN(CCn3ccc4oc(C)c(C)c4c3=O)Cc3cnccc3C)ccc21. The van der Waals surface area contributed by atoms with Crippen molar-refractivity contribution in [1.29, 1.82) is 0 Å². The topological polar surface area (TPSA) is 91.9 Å². The normalized spacial score (nSPS) is 15.0. The smallest absolute Gasteiger partial charge is 0.262 e. The predicted octanol–water partition coefficient (Wildman–Crippen LogP) is 4.97. The van der Waals surface area contributed by atoms with Gasteiger partial charge in [-0.05, 0) is 82.5 Å². The van der Waals surface area contributed by atoms with Crippen molar-refractivity contribution in [2.75, 3.05) is 29.9 Å². The number of carbonyl (C=O) groups is 2. The summed E-state index contributed by atoms with van der Waals surface area (Å²) in [5.74, 6) is 0.323. The van der Waals surface area contributed by atoms with Gasteiger partial charge in [0.15, 0.2) is 0 Å². The van der Waals surface area contributed by atoms with Crippen molar-refractivity contribution in [3.8, 4) is 0 Å². The van der Waals surface area contributed by atoms with Crippen LogP contribution in [0.25, 0.3) is 11.0 Å². The third kappa shape index (κ3) is 5.13. The Morgan fingerprint density at radius 1 is 0.976 bits per heavy atom. The fraction of sp³-hybridized carbons (Fsp3) is 0.394. The molecule has 220 valence electrons. The molecule has 3 aromatic heterocycles. The first-order valence-electron chi connectivity index (χ1n) is 14.4. The molecule has 0 bridgehead atoms. The van der Waals surface area contributed by atoms with Crippen LogP contribution in [-0.2, 0) is 29.2 Å². The van der Waals surface area contributed by atoms with E-state index in [0.29, 0.717) is 49.4 Å². The molecule has 0 unspecified atom stereocenters. The van der Waals surface area contributed by atoms with Crippen LogP contribution in [0, 0.1) is 26.2 Å². The number of benzene rings is 1. The van der Waals surface area contributed by atoms with Crippen LogP contribution in [0.3, 0.4) is 0 Å². The molecule has 0 aliphatic carbocycles. The maximum Gasteiger partial charge on any atom is 0.262 e. The van der Waals surface area contributed by atoms with Gasteiger partial charge < -0.3 is 18.8 Å².